The Kier molecular flexibility index (Phi) is 4.38. The summed E-state index contributed by atoms with van der Waals surface area (Å²) in [5, 5.41) is 14.6. The van der Waals surface area contributed by atoms with Crippen LogP contribution in [0.1, 0.15) is 27.3 Å². The predicted octanol–water partition coefficient (Wildman–Crippen LogP) is 4.65. The van der Waals surface area contributed by atoms with Crippen LogP contribution >= 0.6 is 11.6 Å². The van der Waals surface area contributed by atoms with Gasteiger partial charge in [-0.2, -0.15) is 5.10 Å². The smallest absolute Gasteiger partial charge is 0.354 e. The van der Waals surface area contributed by atoms with Crippen molar-refractivity contribution in [3.63, 3.8) is 0 Å². The molecular formula is C21H16ClN3O2. The fraction of sp³-hybridized carbons (Fsp3) is 0.0952. The maximum Gasteiger partial charge on any atom is 0.354 e. The maximum atomic E-state index is 11.2. The lowest BCUT2D eigenvalue weighted by atomic mass is 10.0. The fourth-order valence-corrected chi connectivity index (χ4v) is 3.24. The van der Waals surface area contributed by atoms with E-state index in [0.717, 1.165) is 27.9 Å². The third kappa shape index (κ3) is 3.29. The number of nitrogens with zero attached hydrogens (tertiary/aromatic N) is 3. The molecule has 0 aliphatic heterocycles. The van der Waals surface area contributed by atoms with Gasteiger partial charge in [-0.1, -0.05) is 48.0 Å². The van der Waals surface area contributed by atoms with Crippen molar-refractivity contribution >= 4 is 23.1 Å². The van der Waals surface area contributed by atoms with Gasteiger partial charge in [0.15, 0.2) is 0 Å². The second-order valence-corrected chi connectivity index (χ2v) is 6.73. The highest BCUT2D eigenvalue weighted by atomic mass is 35.5. The molecule has 0 atom stereocenters. The zero-order valence-corrected chi connectivity index (χ0v) is 15.3. The molecule has 134 valence electrons. The minimum absolute atomic E-state index is 0.0319. The first-order valence-corrected chi connectivity index (χ1v) is 8.83. The third-order valence-electron chi connectivity index (χ3n) is 4.45. The van der Waals surface area contributed by atoms with E-state index in [1.807, 2.05) is 49.4 Å². The summed E-state index contributed by atoms with van der Waals surface area (Å²) in [5.41, 5.74) is 5.39. The number of halogens is 1. The SMILES string of the molecule is Cc1cc2c(Cc3cccc(C(=O)O)n3)c(-c3ccccc3)nn2cc1Cl. The Morgan fingerprint density at radius 3 is 2.67 bits per heavy atom. The quantitative estimate of drug-likeness (QED) is 0.562. The molecule has 1 aromatic carbocycles. The second-order valence-electron chi connectivity index (χ2n) is 6.32. The van der Waals surface area contributed by atoms with Gasteiger partial charge in [0.1, 0.15) is 5.69 Å². The molecule has 3 aromatic heterocycles. The first-order valence-electron chi connectivity index (χ1n) is 8.45. The van der Waals surface area contributed by atoms with Crippen LogP contribution < -0.4 is 0 Å². The number of carboxylic acids is 1. The minimum atomic E-state index is -1.04. The molecule has 0 saturated carbocycles. The Morgan fingerprint density at radius 1 is 1.15 bits per heavy atom. The fourth-order valence-electron chi connectivity index (χ4n) is 3.10. The average molecular weight is 378 g/mol. The molecule has 0 aliphatic carbocycles. The molecule has 0 saturated heterocycles. The normalized spacial score (nSPS) is 11.0. The van der Waals surface area contributed by atoms with E-state index in [0.29, 0.717) is 17.1 Å². The van der Waals surface area contributed by atoms with Crippen LogP contribution in [0.5, 0.6) is 0 Å². The van der Waals surface area contributed by atoms with Crippen LogP contribution in [0.15, 0.2) is 60.8 Å². The van der Waals surface area contributed by atoms with Gasteiger partial charge in [0.2, 0.25) is 0 Å². The molecule has 4 rings (SSSR count). The van der Waals surface area contributed by atoms with Crippen molar-refractivity contribution in [2.24, 2.45) is 0 Å². The maximum absolute atomic E-state index is 11.2. The van der Waals surface area contributed by atoms with Crippen molar-refractivity contribution in [3.8, 4) is 11.3 Å². The van der Waals surface area contributed by atoms with Gasteiger partial charge in [-0.05, 0) is 30.7 Å². The summed E-state index contributed by atoms with van der Waals surface area (Å²) < 4.78 is 1.77. The van der Waals surface area contributed by atoms with E-state index >= 15 is 0 Å². The van der Waals surface area contributed by atoms with E-state index in [9.17, 15) is 9.90 Å². The van der Waals surface area contributed by atoms with E-state index < -0.39 is 5.97 Å². The van der Waals surface area contributed by atoms with Crippen LogP contribution in [-0.4, -0.2) is 25.7 Å². The summed E-state index contributed by atoms with van der Waals surface area (Å²) in [7, 11) is 0. The van der Waals surface area contributed by atoms with Gasteiger partial charge in [-0.25, -0.2) is 14.3 Å². The molecular weight excluding hydrogens is 362 g/mol. The standard InChI is InChI=1S/C21H16ClN3O2/c1-13-10-19-16(11-15-8-5-9-18(23-15)21(26)27)20(14-6-3-2-4-7-14)24-25(19)12-17(13)22/h2-10,12H,11H2,1H3,(H,26,27). The molecule has 5 nitrogen and oxygen atoms in total. The van der Waals surface area contributed by atoms with E-state index in [-0.39, 0.29) is 5.69 Å². The highest BCUT2D eigenvalue weighted by Gasteiger charge is 2.17. The molecule has 0 radical (unpaired) electrons. The highest BCUT2D eigenvalue weighted by Crippen LogP contribution is 2.30. The highest BCUT2D eigenvalue weighted by molar-refractivity contribution is 6.31. The van der Waals surface area contributed by atoms with E-state index in [1.54, 1.807) is 16.8 Å². The van der Waals surface area contributed by atoms with Crippen LogP contribution in [-0.2, 0) is 6.42 Å². The Morgan fingerprint density at radius 2 is 1.93 bits per heavy atom. The first kappa shape index (κ1) is 17.2. The second kappa shape index (κ2) is 6.85. The summed E-state index contributed by atoms with van der Waals surface area (Å²) in [6.07, 6.45) is 2.26. The molecule has 0 bridgehead atoms. The van der Waals surface area contributed by atoms with Crippen LogP contribution in [0.4, 0.5) is 0 Å². The number of aryl methyl sites for hydroxylation is 1. The number of fused-ring (bicyclic) bond motifs is 1. The van der Waals surface area contributed by atoms with Gasteiger partial charge < -0.3 is 5.11 Å². The molecule has 6 heteroatoms. The average Bonchev–Trinajstić information content (AvgIpc) is 3.00. The Balaban J connectivity index is 1.90. The molecule has 0 spiro atoms. The molecule has 0 aliphatic rings. The van der Waals surface area contributed by atoms with Crippen LogP contribution in [0.25, 0.3) is 16.8 Å². The number of hydrogen-bond acceptors (Lipinski definition) is 3. The van der Waals surface area contributed by atoms with Gasteiger partial charge in [-0.15, -0.1) is 0 Å². The van der Waals surface area contributed by atoms with Gasteiger partial charge in [-0.3, -0.25) is 0 Å². The summed E-state index contributed by atoms with van der Waals surface area (Å²) >= 11 is 6.27. The molecule has 4 aromatic rings. The molecule has 0 amide bonds. The molecule has 0 fully saturated rings. The predicted molar refractivity (Wildman–Crippen MR) is 104 cm³/mol. The van der Waals surface area contributed by atoms with Crippen molar-refractivity contribution in [2.45, 2.75) is 13.3 Å². The molecule has 27 heavy (non-hydrogen) atoms. The van der Waals surface area contributed by atoms with Crippen molar-refractivity contribution in [1.29, 1.82) is 0 Å². The zero-order valence-electron chi connectivity index (χ0n) is 14.6. The minimum Gasteiger partial charge on any atom is -0.477 e. The van der Waals surface area contributed by atoms with Gasteiger partial charge in [0.05, 0.1) is 16.2 Å². The van der Waals surface area contributed by atoms with E-state index in [4.69, 9.17) is 16.7 Å². The number of hydrogen-bond donors (Lipinski definition) is 1. The van der Waals surface area contributed by atoms with Crippen molar-refractivity contribution in [1.82, 2.24) is 14.6 Å². The van der Waals surface area contributed by atoms with Crippen LogP contribution in [0, 0.1) is 6.92 Å². The monoisotopic (exact) mass is 377 g/mol. The van der Waals surface area contributed by atoms with Crippen LogP contribution in [0.2, 0.25) is 5.02 Å². The number of aromatic nitrogens is 3. The van der Waals surface area contributed by atoms with Gasteiger partial charge in [0, 0.05) is 29.4 Å². The number of pyridine rings is 2. The molecule has 0 unspecified atom stereocenters. The third-order valence-corrected chi connectivity index (χ3v) is 4.84. The number of aromatic carboxylic acids is 1. The zero-order chi connectivity index (χ0) is 19.0. The summed E-state index contributed by atoms with van der Waals surface area (Å²) in [4.78, 5) is 15.5. The topological polar surface area (TPSA) is 67.5 Å². The summed E-state index contributed by atoms with van der Waals surface area (Å²) in [6.45, 7) is 1.95. The van der Waals surface area contributed by atoms with Crippen molar-refractivity contribution in [3.05, 3.63) is 88.3 Å². The number of benzene rings is 1. The van der Waals surface area contributed by atoms with Crippen LogP contribution in [0.3, 0.4) is 0 Å². The lowest BCUT2D eigenvalue weighted by Crippen LogP contribution is -2.03. The number of rotatable bonds is 4. The van der Waals surface area contributed by atoms with E-state index in [1.165, 1.54) is 6.07 Å². The van der Waals surface area contributed by atoms with Crippen molar-refractivity contribution in [2.75, 3.05) is 0 Å². The Hall–Kier alpha value is -3.18. The Bertz CT molecular complexity index is 1150. The summed E-state index contributed by atoms with van der Waals surface area (Å²) in [5.74, 6) is -1.04. The number of carbonyl (C=O) groups is 1. The lowest BCUT2D eigenvalue weighted by Gasteiger charge is -2.05. The molecule has 1 N–H and O–H groups in total. The summed E-state index contributed by atoms with van der Waals surface area (Å²) in [6, 6.07) is 16.9. The van der Waals surface area contributed by atoms with Crippen molar-refractivity contribution < 1.29 is 9.90 Å². The van der Waals surface area contributed by atoms with Gasteiger partial charge >= 0.3 is 5.97 Å². The van der Waals surface area contributed by atoms with E-state index in [2.05, 4.69) is 4.98 Å². The largest absolute Gasteiger partial charge is 0.477 e. The number of carboxylic acid groups (broad SMARTS) is 1. The lowest BCUT2D eigenvalue weighted by molar-refractivity contribution is 0.0690. The van der Waals surface area contributed by atoms with Gasteiger partial charge in [0.25, 0.3) is 0 Å². The first-order chi connectivity index (χ1) is 13.0. The molecule has 3 heterocycles. The Labute approximate surface area is 160 Å².